The number of anilines is 1. The fourth-order valence-electron chi connectivity index (χ4n) is 10.2. The molecule has 0 bridgehead atoms. The van der Waals surface area contributed by atoms with Crippen molar-refractivity contribution in [2.75, 3.05) is 157 Å². The number of benzene rings is 2. The number of carbonyl (C=O) groups excluding carboxylic acids is 5. The highest BCUT2D eigenvalue weighted by Crippen LogP contribution is 2.26. The minimum Gasteiger partial charge on any atom is -0.494 e. The molecule has 1 aliphatic rings. The molecule has 544 valence electrons. The molecule has 98 heavy (non-hydrogen) atoms. The molecular weight excluding hydrogens is 1300 g/mol. The molecule has 3 heterocycles. The Balaban J connectivity index is 0.000000418. The molecule has 0 unspecified atom stereocenters. The number of nitrogens with zero attached hydrogens (tertiary/aromatic N) is 6. The number of H-pyrrole nitrogens is 1. The number of fused-ring (bicyclic) bond motifs is 1. The lowest BCUT2D eigenvalue weighted by Crippen LogP contribution is -2.52. The van der Waals surface area contributed by atoms with Gasteiger partial charge >= 0.3 is 23.9 Å². The number of amides is 5. The number of pyridine rings is 1. The second kappa shape index (κ2) is 43.6. The lowest BCUT2D eigenvalue weighted by Gasteiger charge is -2.33. The van der Waals surface area contributed by atoms with Gasteiger partial charge in [0.05, 0.1) is 56.4 Å². The van der Waals surface area contributed by atoms with Gasteiger partial charge in [-0.15, -0.1) is 0 Å². The van der Waals surface area contributed by atoms with Crippen LogP contribution in [0.4, 0.5) is 5.95 Å². The van der Waals surface area contributed by atoms with E-state index in [1.807, 2.05) is 6.92 Å². The van der Waals surface area contributed by atoms with E-state index >= 15 is 0 Å². The van der Waals surface area contributed by atoms with E-state index < -0.39 is 75.7 Å². The van der Waals surface area contributed by atoms with Gasteiger partial charge in [0.25, 0.3) is 5.91 Å². The number of hydrogen-bond acceptors (Lipinski definition) is 22. The Morgan fingerprint density at radius 1 is 0.684 bits per heavy atom. The number of carboxylic acids is 4. The summed E-state index contributed by atoms with van der Waals surface area (Å²) in [7, 11) is 0.349. The molecule has 1 fully saturated rings. The second-order valence-electron chi connectivity index (χ2n) is 23.0. The maximum atomic E-state index is 13.4. The van der Waals surface area contributed by atoms with Crippen molar-refractivity contribution in [1.29, 1.82) is 0 Å². The second-order valence-corrected chi connectivity index (χ2v) is 24.6. The third kappa shape index (κ3) is 30.4. The fourth-order valence-corrected chi connectivity index (χ4v) is 11.8. The topological polar surface area (TPSA) is 453 Å². The van der Waals surface area contributed by atoms with E-state index in [2.05, 4.69) is 46.6 Å². The molecule has 5 rings (SSSR count). The molecule has 1 aliphatic heterocycles. The Morgan fingerprint density at radius 2 is 1.27 bits per heavy atom. The minimum absolute atomic E-state index is 0.00626. The van der Waals surface area contributed by atoms with Crippen LogP contribution in [-0.2, 0) is 76.2 Å². The summed E-state index contributed by atoms with van der Waals surface area (Å²) in [5.41, 5.74) is 1.26. The number of carbonyl (C=O) groups is 9. The third-order valence-corrected chi connectivity index (χ3v) is 17.0. The first kappa shape index (κ1) is 81.7. The number of imidazole rings is 1. The monoisotopic (exact) mass is 1400 g/mol. The van der Waals surface area contributed by atoms with Crippen LogP contribution in [0.15, 0.2) is 58.6 Å². The van der Waals surface area contributed by atoms with Crippen molar-refractivity contribution >= 4 is 80.3 Å². The van der Waals surface area contributed by atoms with E-state index in [-0.39, 0.29) is 132 Å². The number of hydrogen-bond donors (Lipinski definition) is 12. The number of ether oxygens (including phenoxy) is 4. The van der Waals surface area contributed by atoms with E-state index in [9.17, 15) is 76.8 Å². The first-order valence-electron chi connectivity index (χ1n) is 32.1. The van der Waals surface area contributed by atoms with E-state index in [4.69, 9.17) is 18.9 Å². The minimum atomic E-state index is -4.39. The van der Waals surface area contributed by atoms with Crippen molar-refractivity contribution in [3.63, 3.8) is 0 Å². The number of carboxylic acid groups (broad SMARTS) is 4. The number of aromatic nitrogens is 3. The Hall–Kier alpha value is -8.68. The molecule has 0 spiro atoms. The quantitative estimate of drug-likeness (QED) is 0.0238. The van der Waals surface area contributed by atoms with Gasteiger partial charge in [0.15, 0.2) is 5.95 Å². The van der Waals surface area contributed by atoms with Crippen molar-refractivity contribution in [3.8, 4) is 5.75 Å². The van der Waals surface area contributed by atoms with Crippen LogP contribution in [0.25, 0.3) is 10.9 Å². The standard InChI is InChI=1S/C34H43N7O9S.C29H53N7O11/c1-21-15-24(50-14-5-7-29(42)35-10-6-13-49-4)16-22(2)31(21)51(47,48)40-27(33(45)46)19-38-32(44)26-20-41(3)28-17-23(8-9-25(28)30(26)43)18-39-34-36-11-12-37-34;1-3-46-17-18-47-16-4-7-31-29(45)23(5-6-24(37)30-2)32-25(38)19-33-8-10-34(20-26(39)40)12-14-36(22-28(43)44)15-13-35(11-9-33)21-27(41)42/h8-9,11-12,15-17,20,27,40H,5-7,10,13-14,18-19H2,1-4H3,(H,35,42)(H,38,44)(H,45,46)(H2,36,37,39);23H,3-22H2,1-2H3,(H,30,37)(H,31,45)(H,32,38)(H,39,40)(H,41,42)(H,43,44)/t27-;23-/m01/s1. The predicted molar refractivity (Wildman–Crippen MR) is 358 cm³/mol. The summed E-state index contributed by atoms with van der Waals surface area (Å²) in [4.78, 5) is 137. The summed E-state index contributed by atoms with van der Waals surface area (Å²) < 4.78 is 52.0. The van der Waals surface area contributed by atoms with Gasteiger partial charge in [-0.2, -0.15) is 4.72 Å². The lowest BCUT2D eigenvalue weighted by molar-refractivity contribution is -0.140. The number of methoxy groups -OCH3 is 1. The summed E-state index contributed by atoms with van der Waals surface area (Å²) in [5, 5.41) is 54.6. The smallest absolute Gasteiger partial charge is 0.323 e. The third-order valence-electron chi connectivity index (χ3n) is 15.2. The summed E-state index contributed by atoms with van der Waals surface area (Å²) in [6.45, 7) is 9.29. The highest BCUT2D eigenvalue weighted by atomic mass is 32.2. The number of aryl methyl sites for hydroxylation is 3. The molecule has 0 radical (unpaired) electrons. The van der Waals surface area contributed by atoms with Crippen molar-refractivity contribution in [2.45, 2.75) is 82.8 Å². The summed E-state index contributed by atoms with van der Waals surface area (Å²) in [5.74, 6) is -5.90. The largest absolute Gasteiger partial charge is 0.494 e. The van der Waals surface area contributed by atoms with Crippen LogP contribution < -0.4 is 46.8 Å². The van der Waals surface area contributed by atoms with Crippen LogP contribution in [0.1, 0.15) is 72.5 Å². The van der Waals surface area contributed by atoms with Crippen LogP contribution >= 0.6 is 0 Å². The first-order valence-corrected chi connectivity index (χ1v) is 33.6. The van der Waals surface area contributed by atoms with Crippen LogP contribution in [-0.4, -0.2) is 280 Å². The average Bonchev–Trinajstić information content (AvgIpc) is 0.879. The molecule has 35 heteroatoms. The molecule has 12 N–H and O–H groups in total. The zero-order valence-electron chi connectivity index (χ0n) is 56.5. The Morgan fingerprint density at radius 3 is 1.82 bits per heavy atom. The van der Waals surface area contributed by atoms with E-state index in [1.165, 1.54) is 25.4 Å². The lowest BCUT2D eigenvalue weighted by atomic mass is 10.1. The summed E-state index contributed by atoms with van der Waals surface area (Å²) in [6.07, 6.45) is 6.67. The summed E-state index contributed by atoms with van der Waals surface area (Å²) in [6, 6.07) is 5.44. The zero-order chi connectivity index (χ0) is 72.2. The highest BCUT2D eigenvalue weighted by molar-refractivity contribution is 7.89. The van der Waals surface area contributed by atoms with Crippen molar-refractivity contribution in [2.24, 2.45) is 7.05 Å². The number of rotatable bonds is 40. The molecule has 2 aromatic heterocycles. The molecule has 2 atom stereocenters. The van der Waals surface area contributed by atoms with Gasteiger partial charge in [-0.1, -0.05) is 6.07 Å². The molecule has 0 saturated carbocycles. The van der Waals surface area contributed by atoms with Gasteiger partial charge < -0.3 is 80.8 Å². The Labute approximate surface area is 568 Å². The van der Waals surface area contributed by atoms with Crippen molar-refractivity contribution in [1.82, 2.24) is 65.4 Å². The molecule has 0 aliphatic carbocycles. The zero-order valence-corrected chi connectivity index (χ0v) is 57.3. The van der Waals surface area contributed by atoms with Gasteiger partial charge in [0, 0.05) is 156 Å². The molecular formula is C63H96N14O20S. The van der Waals surface area contributed by atoms with Gasteiger partial charge in [-0.05, 0) is 87.4 Å². The molecule has 4 aromatic rings. The number of nitrogens with one attached hydrogen (secondary N) is 8. The molecule has 5 amide bonds. The normalized spacial score (nSPS) is 14.3. The predicted octanol–water partition coefficient (Wildman–Crippen LogP) is -1.00. The van der Waals surface area contributed by atoms with Gasteiger partial charge in [0.2, 0.25) is 39.1 Å². The van der Waals surface area contributed by atoms with E-state index in [0.717, 1.165) is 5.56 Å². The molecule has 34 nitrogen and oxygen atoms in total. The molecule has 1 saturated heterocycles. The maximum Gasteiger partial charge on any atom is 0.323 e. The van der Waals surface area contributed by atoms with Crippen molar-refractivity contribution < 1.29 is 90.9 Å². The van der Waals surface area contributed by atoms with Crippen LogP contribution in [0.5, 0.6) is 5.75 Å². The van der Waals surface area contributed by atoms with Gasteiger partial charge in [-0.3, -0.25) is 67.5 Å². The van der Waals surface area contributed by atoms with Crippen LogP contribution in [0.2, 0.25) is 0 Å². The Bertz CT molecular complexity index is 3370. The van der Waals surface area contributed by atoms with Gasteiger partial charge in [-0.25, -0.2) is 13.4 Å². The SMILES string of the molecule is CCOCCOCCCNC(=O)[C@@H](CCC(=O)NC)NC(=O)CN1CCN(CC(=O)O)CCN(CC(=O)O)CCN(CC(=O)O)CC1.COCCCNC(=O)CCCOc1cc(C)c(S(=O)(=O)N[C@@H](CNC(=O)c2cn(C)c3cc(CNc4ncc[nH]4)ccc3c2=O)C(=O)O)c(C)c1. The number of aliphatic carboxylic acids is 4. The first-order chi connectivity index (χ1) is 46.7. The van der Waals surface area contributed by atoms with Gasteiger partial charge in [0.1, 0.15) is 23.4 Å². The van der Waals surface area contributed by atoms with E-state index in [0.29, 0.717) is 100 Å². The van der Waals surface area contributed by atoms with Crippen LogP contribution in [0, 0.1) is 13.8 Å². The van der Waals surface area contributed by atoms with E-state index in [1.54, 1.807) is 82.8 Å². The fraction of sp³-hybridized carbons (Fsp3) is 0.571. The average molecular weight is 1400 g/mol. The highest BCUT2D eigenvalue weighted by Gasteiger charge is 2.30. The van der Waals surface area contributed by atoms with Crippen LogP contribution in [0.3, 0.4) is 0 Å². The molecule has 2 aromatic carbocycles. The Kier molecular flexibility index (Phi) is 36.3. The number of sulfonamides is 1. The van der Waals surface area contributed by atoms with Crippen molar-refractivity contribution in [3.05, 3.63) is 81.4 Å². The number of aromatic amines is 1. The maximum absolute atomic E-state index is 13.4. The summed E-state index contributed by atoms with van der Waals surface area (Å²) >= 11 is 0.